The molecule has 0 bridgehead atoms. The molecule has 1 aromatic carbocycles. The molecular weight excluding hydrogens is 316 g/mol. The normalized spacial score (nSPS) is 24.7. The minimum Gasteiger partial charge on any atom is -0.408 e. The second-order valence-electron chi connectivity index (χ2n) is 6.51. The Morgan fingerprint density at radius 3 is 2.96 bits per heavy atom. The van der Waals surface area contributed by atoms with E-state index in [1.165, 1.54) is 11.0 Å². The molecule has 1 saturated carbocycles. The maximum Gasteiger partial charge on any atom is 0.420 e. The molecule has 1 aliphatic carbocycles. The molecule has 0 spiro atoms. The van der Waals surface area contributed by atoms with Crippen molar-refractivity contribution >= 4 is 28.6 Å². The van der Waals surface area contributed by atoms with Gasteiger partial charge in [0.1, 0.15) is 6.54 Å². The van der Waals surface area contributed by atoms with Crippen LogP contribution in [0.2, 0.25) is 5.02 Å². The molecule has 5 nitrogen and oxygen atoms in total. The summed E-state index contributed by atoms with van der Waals surface area (Å²) >= 11 is 5.89. The number of carbonyl (C=O) groups is 1. The van der Waals surface area contributed by atoms with Crippen LogP contribution in [-0.2, 0) is 11.3 Å². The van der Waals surface area contributed by atoms with Crippen molar-refractivity contribution in [2.45, 2.75) is 45.7 Å². The van der Waals surface area contributed by atoms with E-state index in [2.05, 4.69) is 19.2 Å². The summed E-state index contributed by atoms with van der Waals surface area (Å²) in [5, 5.41) is 3.57. The first-order valence-electron chi connectivity index (χ1n) is 8.04. The molecule has 1 amide bonds. The number of amides is 1. The number of nitrogens with zero attached hydrogens (tertiary/aromatic N) is 1. The second kappa shape index (κ2) is 6.40. The Morgan fingerprint density at radius 2 is 2.17 bits per heavy atom. The molecule has 2 aromatic rings. The number of benzene rings is 1. The van der Waals surface area contributed by atoms with Gasteiger partial charge in [-0.05, 0) is 30.4 Å². The number of halogens is 1. The highest BCUT2D eigenvalue weighted by Crippen LogP contribution is 2.29. The van der Waals surface area contributed by atoms with Gasteiger partial charge in [-0.15, -0.1) is 0 Å². The van der Waals surface area contributed by atoms with Crippen molar-refractivity contribution in [1.82, 2.24) is 9.88 Å². The van der Waals surface area contributed by atoms with Crippen molar-refractivity contribution in [3.8, 4) is 0 Å². The number of nitrogens with one attached hydrogen (secondary N) is 1. The second-order valence-corrected chi connectivity index (χ2v) is 6.94. The summed E-state index contributed by atoms with van der Waals surface area (Å²) in [4.78, 5) is 24.3. The first kappa shape index (κ1) is 16.1. The Hall–Kier alpha value is -1.75. The number of rotatable bonds is 3. The average Bonchev–Trinajstić information content (AvgIpc) is 2.79. The molecule has 1 heterocycles. The molecule has 124 valence electrons. The van der Waals surface area contributed by atoms with E-state index in [4.69, 9.17) is 16.0 Å². The van der Waals surface area contributed by atoms with E-state index in [1.54, 1.807) is 18.2 Å². The molecule has 0 saturated heterocycles. The highest BCUT2D eigenvalue weighted by Gasteiger charge is 2.28. The zero-order valence-corrected chi connectivity index (χ0v) is 14.1. The quantitative estimate of drug-likeness (QED) is 0.936. The van der Waals surface area contributed by atoms with Crippen LogP contribution in [-0.4, -0.2) is 16.5 Å². The molecule has 1 aliphatic rings. The van der Waals surface area contributed by atoms with Gasteiger partial charge in [0.05, 0.1) is 5.52 Å². The molecule has 3 rings (SSSR count). The van der Waals surface area contributed by atoms with E-state index in [0.29, 0.717) is 28.0 Å². The highest BCUT2D eigenvalue weighted by atomic mass is 35.5. The van der Waals surface area contributed by atoms with Gasteiger partial charge in [-0.25, -0.2) is 4.79 Å². The number of carbonyl (C=O) groups excluding carboxylic acids is 1. The lowest BCUT2D eigenvalue weighted by Crippen LogP contribution is -2.45. The third-order valence-corrected chi connectivity index (χ3v) is 5.22. The number of aromatic nitrogens is 1. The lowest BCUT2D eigenvalue weighted by molar-refractivity contribution is -0.123. The Bertz CT molecular complexity index is 780. The fourth-order valence-electron chi connectivity index (χ4n) is 3.37. The number of hydrogen-bond acceptors (Lipinski definition) is 3. The SMILES string of the molecule is C[C@H]1[C@@H](NC(=O)Cn2c(=O)oc3cc(Cl)ccc32)CCC[C@@H]1C. The van der Waals surface area contributed by atoms with Gasteiger partial charge < -0.3 is 9.73 Å². The number of hydrogen-bond donors (Lipinski definition) is 1. The smallest absolute Gasteiger partial charge is 0.408 e. The topological polar surface area (TPSA) is 64.2 Å². The predicted octanol–water partition coefficient (Wildman–Crippen LogP) is 3.19. The minimum atomic E-state index is -0.539. The van der Waals surface area contributed by atoms with E-state index < -0.39 is 5.76 Å². The highest BCUT2D eigenvalue weighted by molar-refractivity contribution is 6.31. The van der Waals surface area contributed by atoms with Crippen molar-refractivity contribution < 1.29 is 9.21 Å². The van der Waals surface area contributed by atoms with Gasteiger partial charge in [0, 0.05) is 17.1 Å². The molecule has 0 unspecified atom stereocenters. The van der Waals surface area contributed by atoms with Crippen molar-refractivity contribution in [2.75, 3.05) is 0 Å². The van der Waals surface area contributed by atoms with Crippen molar-refractivity contribution in [2.24, 2.45) is 11.8 Å². The molecule has 3 atom stereocenters. The van der Waals surface area contributed by atoms with Gasteiger partial charge in [0.2, 0.25) is 5.91 Å². The summed E-state index contributed by atoms with van der Waals surface area (Å²) in [5.74, 6) is 0.358. The largest absolute Gasteiger partial charge is 0.420 e. The van der Waals surface area contributed by atoms with Gasteiger partial charge >= 0.3 is 5.76 Å². The molecule has 6 heteroatoms. The van der Waals surface area contributed by atoms with Crippen LogP contribution in [0.4, 0.5) is 0 Å². The lowest BCUT2D eigenvalue weighted by Gasteiger charge is -2.34. The summed E-state index contributed by atoms with van der Waals surface area (Å²) in [6, 6.07) is 5.13. The van der Waals surface area contributed by atoms with Gasteiger partial charge in [-0.3, -0.25) is 9.36 Å². The van der Waals surface area contributed by atoms with Crippen molar-refractivity contribution in [3.05, 3.63) is 33.8 Å². The summed E-state index contributed by atoms with van der Waals surface area (Å²) in [7, 11) is 0. The van der Waals surface area contributed by atoms with Crippen LogP contribution in [0.1, 0.15) is 33.1 Å². The Labute approximate surface area is 139 Å². The first-order chi connectivity index (χ1) is 11.0. The van der Waals surface area contributed by atoms with E-state index in [-0.39, 0.29) is 18.5 Å². The van der Waals surface area contributed by atoms with Gasteiger partial charge in [-0.2, -0.15) is 0 Å². The van der Waals surface area contributed by atoms with Gasteiger partial charge in [0.25, 0.3) is 0 Å². The van der Waals surface area contributed by atoms with Crippen LogP contribution in [0.3, 0.4) is 0 Å². The zero-order chi connectivity index (χ0) is 16.6. The summed E-state index contributed by atoms with van der Waals surface area (Å²) in [6.45, 7) is 4.36. The maximum atomic E-state index is 12.4. The maximum absolute atomic E-state index is 12.4. The Balaban J connectivity index is 1.75. The summed E-state index contributed by atoms with van der Waals surface area (Å²) < 4.78 is 6.50. The van der Waals surface area contributed by atoms with E-state index >= 15 is 0 Å². The molecule has 1 fully saturated rings. The first-order valence-corrected chi connectivity index (χ1v) is 8.42. The van der Waals surface area contributed by atoms with Crippen molar-refractivity contribution in [1.29, 1.82) is 0 Å². The Kier molecular flexibility index (Phi) is 4.48. The summed E-state index contributed by atoms with van der Waals surface area (Å²) in [6.07, 6.45) is 3.33. The van der Waals surface area contributed by atoms with Gasteiger partial charge in [0.15, 0.2) is 5.58 Å². The summed E-state index contributed by atoms with van der Waals surface area (Å²) in [5.41, 5.74) is 0.981. The molecule has 0 radical (unpaired) electrons. The average molecular weight is 337 g/mol. The zero-order valence-electron chi connectivity index (χ0n) is 13.3. The fourth-order valence-corrected chi connectivity index (χ4v) is 3.53. The molecule has 1 N–H and O–H groups in total. The van der Waals surface area contributed by atoms with Crippen LogP contribution in [0, 0.1) is 11.8 Å². The van der Waals surface area contributed by atoms with E-state index in [9.17, 15) is 9.59 Å². The van der Waals surface area contributed by atoms with Crippen molar-refractivity contribution in [3.63, 3.8) is 0 Å². The van der Waals surface area contributed by atoms with E-state index in [1.807, 2.05) is 0 Å². The fraction of sp³-hybridized carbons (Fsp3) is 0.529. The van der Waals surface area contributed by atoms with Crippen LogP contribution in [0.5, 0.6) is 0 Å². The predicted molar refractivity (Wildman–Crippen MR) is 89.6 cm³/mol. The lowest BCUT2D eigenvalue weighted by atomic mass is 9.78. The third-order valence-electron chi connectivity index (χ3n) is 4.99. The molecular formula is C17H21ClN2O3. The third kappa shape index (κ3) is 3.29. The van der Waals surface area contributed by atoms with Crippen LogP contribution < -0.4 is 11.1 Å². The monoisotopic (exact) mass is 336 g/mol. The van der Waals surface area contributed by atoms with E-state index in [0.717, 1.165) is 12.8 Å². The molecule has 0 aliphatic heterocycles. The van der Waals surface area contributed by atoms with Crippen LogP contribution >= 0.6 is 11.6 Å². The Morgan fingerprint density at radius 1 is 1.39 bits per heavy atom. The van der Waals surface area contributed by atoms with Crippen LogP contribution in [0.15, 0.2) is 27.4 Å². The molecule has 23 heavy (non-hydrogen) atoms. The minimum absolute atomic E-state index is 0.0366. The van der Waals surface area contributed by atoms with Crippen LogP contribution in [0.25, 0.3) is 11.1 Å². The standard InChI is InChI=1S/C17H21ClN2O3/c1-10-4-3-5-13(11(10)2)19-16(21)9-20-14-7-6-12(18)8-15(14)23-17(20)22/h6-8,10-11,13H,3-5,9H2,1-2H3,(H,19,21)/t10-,11+,13-/m0/s1. The molecule has 1 aromatic heterocycles. The number of oxazole rings is 1. The van der Waals surface area contributed by atoms with Gasteiger partial charge in [-0.1, -0.05) is 38.3 Å². The number of fused-ring (bicyclic) bond motifs is 1.